The Morgan fingerprint density at radius 1 is 1.05 bits per heavy atom. The molecule has 0 saturated carbocycles. The van der Waals surface area contributed by atoms with Crippen molar-refractivity contribution in [2.45, 2.75) is 0 Å². The standard InChI is InChI=1S/C16H11FN2O/c17-10-6-7-14(18)13(9-10)16(20)12-3-1-5-15-11(12)4-2-8-19-15/h1-9H,18H2. The summed E-state index contributed by atoms with van der Waals surface area (Å²) in [6, 6.07) is 12.6. The van der Waals surface area contributed by atoms with Crippen LogP contribution in [0.25, 0.3) is 10.9 Å². The molecule has 0 aliphatic heterocycles. The highest BCUT2D eigenvalue weighted by Gasteiger charge is 2.15. The summed E-state index contributed by atoms with van der Waals surface area (Å²) >= 11 is 0. The second kappa shape index (κ2) is 4.74. The van der Waals surface area contributed by atoms with Crippen LogP contribution >= 0.6 is 0 Å². The van der Waals surface area contributed by atoms with Crippen LogP contribution in [-0.2, 0) is 0 Å². The molecule has 0 bridgehead atoms. The average molecular weight is 266 g/mol. The number of benzene rings is 2. The number of hydrogen-bond acceptors (Lipinski definition) is 3. The molecule has 4 heteroatoms. The van der Waals surface area contributed by atoms with Gasteiger partial charge in [-0.15, -0.1) is 0 Å². The van der Waals surface area contributed by atoms with E-state index in [0.29, 0.717) is 11.1 Å². The second-order valence-electron chi connectivity index (χ2n) is 4.44. The highest BCUT2D eigenvalue weighted by atomic mass is 19.1. The number of carbonyl (C=O) groups is 1. The van der Waals surface area contributed by atoms with Gasteiger partial charge in [0.1, 0.15) is 5.82 Å². The fraction of sp³-hybridized carbons (Fsp3) is 0. The van der Waals surface area contributed by atoms with Crippen LogP contribution in [-0.4, -0.2) is 10.8 Å². The molecular weight excluding hydrogens is 255 g/mol. The molecule has 3 rings (SSSR count). The minimum atomic E-state index is -0.485. The minimum absolute atomic E-state index is 0.168. The predicted octanol–water partition coefficient (Wildman–Crippen LogP) is 3.19. The summed E-state index contributed by atoms with van der Waals surface area (Å²) in [6.45, 7) is 0. The lowest BCUT2D eigenvalue weighted by Gasteiger charge is -2.07. The van der Waals surface area contributed by atoms with E-state index in [-0.39, 0.29) is 17.0 Å². The Hall–Kier alpha value is -2.75. The van der Waals surface area contributed by atoms with Crippen LogP contribution in [0.4, 0.5) is 10.1 Å². The Bertz CT molecular complexity index is 809. The number of pyridine rings is 1. The summed E-state index contributed by atoms with van der Waals surface area (Å²) in [7, 11) is 0. The molecule has 0 aliphatic rings. The highest BCUT2D eigenvalue weighted by Crippen LogP contribution is 2.23. The van der Waals surface area contributed by atoms with Gasteiger partial charge in [0.05, 0.1) is 5.52 Å². The highest BCUT2D eigenvalue weighted by molar-refractivity contribution is 6.18. The van der Waals surface area contributed by atoms with E-state index < -0.39 is 5.82 Å². The number of nitrogens with zero attached hydrogens (tertiary/aromatic N) is 1. The summed E-state index contributed by atoms with van der Waals surface area (Å²) in [4.78, 5) is 16.8. The zero-order valence-electron chi connectivity index (χ0n) is 10.5. The van der Waals surface area contributed by atoms with Crippen molar-refractivity contribution in [2.75, 3.05) is 5.73 Å². The number of hydrogen-bond donors (Lipinski definition) is 1. The lowest BCUT2D eigenvalue weighted by molar-refractivity contribution is 0.104. The molecule has 0 unspecified atom stereocenters. The van der Waals surface area contributed by atoms with Crippen LogP contribution in [0, 0.1) is 5.82 Å². The maximum atomic E-state index is 13.3. The van der Waals surface area contributed by atoms with Crippen LogP contribution in [0.5, 0.6) is 0 Å². The first-order valence-electron chi connectivity index (χ1n) is 6.10. The van der Waals surface area contributed by atoms with Crippen molar-refractivity contribution in [3.8, 4) is 0 Å². The number of nitrogens with two attached hydrogens (primary N) is 1. The Morgan fingerprint density at radius 2 is 1.90 bits per heavy atom. The Balaban J connectivity index is 2.20. The van der Waals surface area contributed by atoms with Gasteiger partial charge in [0, 0.05) is 28.4 Å². The maximum absolute atomic E-state index is 13.3. The molecule has 20 heavy (non-hydrogen) atoms. The lowest BCUT2D eigenvalue weighted by Crippen LogP contribution is -2.06. The van der Waals surface area contributed by atoms with E-state index in [1.54, 1.807) is 24.4 Å². The fourth-order valence-electron chi connectivity index (χ4n) is 2.17. The van der Waals surface area contributed by atoms with Crippen molar-refractivity contribution >= 4 is 22.4 Å². The molecule has 0 radical (unpaired) electrons. The fourth-order valence-corrected chi connectivity index (χ4v) is 2.17. The van der Waals surface area contributed by atoms with Gasteiger partial charge in [0.25, 0.3) is 0 Å². The van der Waals surface area contributed by atoms with Gasteiger partial charge in [-0.25, -0.2) is 4.39 Å². The molecule has 98 valence electrons. The summed E-state index contributed by atoms with van der Waals surface area (Å²) < 4.78 is 13.3. The predicted molar refractivity (Wildman–Crippen MR) is 76.0 cm³/mol. The minimum Gasteiger partial charge on any atom is -0.398 e. The van der Waals surface area contributed by atoms with Crippen molar-refractivity contribution in [3.05, 3.63) is 71.7 Å². The molecule has 0 atom stereocenters. The molecule has 0 aliphatic carbocycles. The second-order valence-corrected chi connectivity index (χ2v) is 4.44. The molecule has 3 aromatic rings. The molecule has 2 N–H and O–H groups in total. The average Bonchev–Trinajstić information content (AvgIpc) is 2.48. The van der Waals surface area contributed by atoms with Crippen LogP contribution in [0.1, 0.15) is 15.9 Å². The topological polar surface area (TPSA) is 56.0 Å². The van der Waals surface area contributed by atoms with E-state index in [1.807, 2.05) is 12.1 Å². The van der Waals surface area contributed by atoms with E-state index in [4.69, 9.17) is 5.73 Å². The first kappa shape index (κ1) is 12.3. The van der Waals surface area contributed by atoms with Crippen molar-refractivity contribution in [1.29, 1.82) is 0 Å². The van der Waals surface area contributed by atoms with Gasteiger partial charge in [-0.3, -0.25) is 9.78 Å². The molecule has 0 amide bonds. The van der Waals surface area contributed by atoms with E-state index in [9.17, 15) is 9.18 Å². The van der Waals surface area contributed by atoms with E-state index >= 15 is 0 Å². The number of nitrogen functional groups attached to an aromatic ring is 1. The first-order chi connectivity index (χ1) is 9.66. The Labute approximate surface area is 114 Å². The SMILES string of the molecule is Nc1ccc(F)cc1C(=O)c1cccc2ncccc12. The largest absolute Gasteiger partial charge is 0.398 e. The van der Waals surface area contributed by atoms with Gasteiger partial charge in [-0.05, 0) is 30.3 Å². The third-order valence-corrected chi connectivity index (χ3v) is 3.15. The molecule has 3 nitrogen and oxygen atoms in total. The van der Waals surface area contributed by atoms with E-state index in [0.717, 1.165) is 11.5 Å². The number of rotatable bonds is 2. The van der Waals surface area contributed by atoms with Crippen LogP contribution in [0.3, 0.4) is 0 Å². The number of aromatic nitrogens is 1. The third-order valence-electron chi connectivity index (χ3n) is 3.15. The van der Waals surface area contributed by atoms with Crippen molar-refractivity contribution in [3.63, 3.8) is 0 Å². The first-order valence-corrected chi connectivity index (χ1v) is 6.10. The molecule has 1 aromatic heterocycles. The summed E-state index contributed by atoms with van der Waals surface area (Å²) in [6.07, 6.45) is 1.66. The van der Waals surface area contributed by atoms with Gasteiger partial charge in [-0.1, -0.05) is 18.2 Å². The van der Waals surface area contributed by atoms with Gasteiger partial charge in [0.2, 0.25) is 0 Å². The van der Waals surface area contributed by atoms with Crippen molar-refractivity contribution in [2.24, 2.45) is 0 Å². The number of halogens is 1. The van der Waals surface area contributed by atoms with Gasteiger partial charge in [0.15, 0.2) is 5.78 Å². The third kappa shape index (κ3) is 2.01. The summed E-state index contributed by atoms with van der Waals surface area (Å²) in [5.74, 6) is -0.790. The Morgan fingerprint density at radius 3 is 2.75 bits per heavy atom. The lowest BCUT2D eigenvalue weighted by atomic mass is 9.98. The monoisotopic (exact) mass is 266 g/mol. The summed E-state index contributed by atoms with van der Waals surface area (Å²) in [5.41, 5.74) is 7.38. The van der Waals surface area contributed by atoms with E-state index in [2.05, 4.69) is 4.98 Å². The molecular formula is C16H11FN2O. The summed E-state index contributed by atoms with van der Waals surface area (Å²) in [5, 5.41) is 0.726. The number of ketones is 1. The quantitative estimate of drug-likeness (QED) is 0.572. The Kier molecular flexibility index (Phi) is 2.91. The molecule has 0 saturated heterocycles. The number of anilines is 1. The normalized spacial score (nSPS) is 10.7. The van der Waals surface area contributed by atoms with Crippen molar-refractivity contribution in [1.82, 2.24) is 4.98 Å². The smallest absolute Gasteiger partial charge is 0.195 e. The van der Waals surface area contributed by atoms with Crippen molar-refractivity contribution < 1.29 is 9.18 Å². The van der Waals surface area contributed by atoms with Crippen LogP contribution in [0.2, 0.25) is 0 Å². The molecule has 1 heterocycles. The molecule has 0 spiro atoms. The van der Waals surface area contributed by atoms with Crippen LogP contribution in [0.15, 0.2) is 54.7 Å². The van der Waals surface area contributed by atoms with Gasteiger partial charge >= 0.3 is 0 Å². The van der Waals surface area contributed by atoms with E-state index in [1.165, 1.54) is 12.1 Å². The van der Waals surface area contributed by atoms with Gasteiger partial charge in [-0.2, -0.15) is 0 Å². The number of fused-ring (bicyclic) bond motifs is 1. The van der Waals surface area contributed by atoms with Gasteiger partial charge < -0.3 is 5.73 Å². The zero-order valence-corrected chi connectivity index (χ0v) is 10.5. The molecule has 2 aromatic carbocycles. The maximum Gasteiger partial charge on any atom is 0.195 e. The number of carbonyl (C=O) groups excluding carboxylic acids is 1. The van der Waals surface area contributed by atoms with Crippen LogP contribution < -0.4 is 5.73 Å². The zero-order chi connectivity index (χ0) is 14.1. The molecule has 0 fully saturated rings.